The summed E-state index contributed by atoms with van der Waals surface area (Å²) in [6, 6.07) is 1.42. The molecular weight excluding hydrogens is 234 g/mol. The van der Waals surface area contributed by atoms with E-state index in [9.17, 15) is 4.79 Å². The first-order chi connectivity index (χ1) is 8.35. The van der Waals surface area contributed by atoms with Gasteiger partial charge in [0.1, 0.15) is 5.60 Å². The molecule has 1 aromatic rings. The Morgan fingerprint density at radius 3 is 2.56 bits per heavy atom. The van der Waals surface area contributed by atoms with Crippen LogP contribution in [0.25, 0.3) is 0 Å². The van der Waals surface area contributed by atoms with Gasteiger partial charge in [0.05, 0.1) is 12.3 Å². The predicted molar refractivity (Wildman–Crippen MR) is 65.2 cm³/mol. The van der Waals surface area contributed by atoms with Crippen LogP contribution in [0.3, 0.4) is 0 Å². The molecule has 1 heterocycles. The molecule has 0 saturated heterocycles. The number of nitrogens with zero attached hydrogens (tertiary/aromatic N) is 1. The van der Waals surface area contributed by atoms with Gasteiger partial charge < -0.3 is 14.6 Å². The Morgan fingerprint density at radius 1 is 1.39 bits per heavy atom. The molecule has 0 unspecified atom stereocenters. The molecule has 1 aromatic heterocycles. The Balaban J connectivity index is 2.28. The third kappa shape index (κ3) is 3.35. The van der Waals surface area contributed by atoms with Crippen molar-refractivity contribution in [3.63, 3.8) is 0 Å². The molecule has 0 atom stereocenters. The number of carboxylic acids is 1. The molecule has 5 nitrogen and oxygen atoms in total. The molecule has 2 rings (SSSR count). The third-order valence-corrected chi connectivity index (χ3v) is 2.28. The van der Waals surface area contributed by atoms with E-state index in [1.165, 1.54) is 12.3 Å². The Morgan fingerprint density at radius 2 is 2.06 bits per heavy atom. The molecule has 0 spiro atoms. The second-order valence-corrected chi connectivity index (χ2v) is 5.35. The first-order valence-electron chi connectivity index (χ1n) is 5.94. The van der Waals surface area contributed by atoms with Crippen LogP contribution in [-0.4, -0.2) is 27.8 Å². The minimum atomic E-state index is -1.07. The van der Waals surface area contributed by atoms with Crippen molar-refractivity contribution in [2.75, 3.05) is 0 Å². The van der Waals surface area contributed by atoms with Crippen LogP contribution in [0.15, 0.2) is 12.3 Å². The Labute approximate surface area is 106 Å². The van der Waals surface area contributed by atoms with Gasteiger partial charge in [-0.25, -0.2) is 9.78 Å². The first-order valence-corrected chi connectivity index (χ1v) is 5.94. The van der Waals surface area contributed by atoms with Crippen molar-refractivity contribution in [2.45, 2.75) is 45.3 Å². The fourth-order valence-electron chi connectivity index (χ4n) is 1.41. The topological polar surface area (TPSA) is 68.7 Å². The zero-order chi connectivity index (χ0) is 13.3. The maximum Gasteiger partial charge on any atom is 0.354 e. The molecule has 1 aliphatic carbocycles. The fraction of sp³-hybridized carbons (Fsp3) is 0.538. The van der Waals surface area contributed by atoms with E-state index in [-0.39, 0.29) is 17.4 Å². The molecular formula is C13H17NO4. The van der Waals surface area contributed by atoms with Gasteiger partial charge in [0.2, 0.25) is 0 Å². The lowest BCUT2D eigenvalue weighted by molar-refractivity contribution is 0.0689. The number of pyridine rings is 1. The smallest absolute Gasteiger partial charge is 0.354 e. The second kappa shape index (κ2) is 4.48. The lowest BCUT2D eigenvalue weighted by atomic mass is 10.2. The summed E-state index contributed by atoms with van der Waals surface area (Å²) >= 11 is 0. The van der Waals surface area contributed by atoms with Gasteiger partial charge in [0, 0.05) is 6.07 Å². The molecule has 1 saturated carbocycles. The van der Waals surface area contributed by atoms with Crippen LogP contribution >= 0.6 is 0 Å². The molecule has 1 aliphatic rings. The summed E-state index contributed by atoms with van der Waals surface area (Å²) in [7, 11) is 0. The lowest BCUT2D eigenvalue weighted by Gasteiger charge is -2.23. The van der Waals surface area contributed by atoms with Crippen molar-refractivity contribution in [3.8, 4) is 11.5 Å². The molecule has 18 heavy (non-hydrogen) atoms. The molecule has 0 amide bonds. The predicted octanol–water partition coefficient (Wildman–Crippen LogP) is 2.50. The van der Waals surface area contributed by atoms with Crippen LogP contribution in [-0.2, 0) is 0 Å². The Hall–Kier alpha value is -1.78. The van der Waals surface area contributed by atoms with Crippen LogP contribution in [0.2, 0.25) is 0 Å². The molecule has 5 heteroatoms. The van der Waals surface area contributed by atoms with Crippen molar-refractivity contribution >= 4 is 5.97 Å². The monoisotopic (exact) mass is 251 g/mol. The highest BCUT2D eigenvalue weighted by atomic mass is 16.5. The fourth-order valence-corrected chi connectivity index (χ4v) is 1.41. The van der Waals surface area contributed by atoms with Gasteiger partial charge >= 0.3 is 5.97 Å². The summed E-state index contributed by atoms with van der Waals surface area (Å²) in [5, 5.41) is 8.92. The number of aromatic carboxylic acids is 1. The van der Waals surface area contributed by atoms with E-state index in [0.717, 1.165) is 12.8 Å². The summed E-state index contributed by atoms with van der Waals surface area (Å²) in [5.74, 6) is -0.128. The van der Waals surface area contributed by atoms with E-state index in [2.05, 4.69) is 4.98 Å². The summed E-state index contributed by atoms with van der Waals surface area (Å²) in [5.41, 5.74) is -0.416. The normalized spacial score (nSPS) is 15.3. The Bertz CT molecular complexity index is 461. The molecule has 1 N–H and O–H groups in total. The van der Waals surface area contributed by atoms with Crippen LogP contribution in [0.4, 0.5) is 0 Å². The Kier molecular flexibility index (Phi) is 3.15. The molecule has 0 aliphatic heterocycles. The zero-order valence-electron chi connectivity index (χ0n) is 10.8. The quantitative estimate of drug-likeness (QED) is 0.890. The number of hydrogen-bond acceptors (Lipinski definition) is 4. The van der Waals surface area contributed by atoms with E-state index in [0.29, 0.717) is 11.5 Å². The van der Waals surface area contributed by atoms with E-state index in [1.807, 2.05) is 20.8 Å². The first kappa shape index (κ1) is 12.7. The molecule has 0 bridgehead atoms. The average molecular weight is 251 g/mol. The number of rotatable bonds is 4. The molecule has 0 radical (unpaired) electrons. The van der Waals surface area contributed by atoms with Gasteiger partial charge in [-0.05, 0) is 33.6 Å². The van der Waals surface area contributed by atoms with Gasteiger partial charge in [-0.15, -0.1) is 0 Å². The summed E-state index contributed by atoms with van der Waals surface area (Å²) in [6.45, 7) is 5.75. The van der Waals surface area contributed by atoms with E-state index >= 15 is 0 Å². The minimum Gasteiger partial charge on any atom is -0.486 e. The summed E-state index contributed by atoms with van der Waals surface area (Å²) in [4.78, 5) is 14.7. The SMILES string of the molecule is CC(C)(C)Oc1cnc(C(=O)O)cc1OC1CC1. The van der Waals surface area contributed by atoms with E-state index in [1.54, 1.807) is 0 Å². The van der Waals surface area contributed by atoms with Crippen molar-refractivity contribution in [1.29, 1.82) is 0 Å². The molecule has 0 aromatic carbocycles. The van der Waals surface area contributed by atoms with Gasteiger partial charge in [0.15, 0.2) is 17.2 Å². The van der Waals surface area contributed by atoms with E-state index < -0.39 is 5.97 Å². The zero-order valence-corrected chi connectivity index (χ0v) is 10.8. The number of aromatic nitrogens is 1. The highest BCUT2D eigenvalue weighted by Crippen LogP contribution is 2.35. The third-order valence-electron chi connectivity index (χ3n) is 2.28. The molecule has 1 fully saturated rings. The largest absolute Gasteiger partial charge is 0.486 e. The van der Waals surface area contributed by atoms with Crippen LogP contribution < -0.4 is 9.47 Å². The van der Waals surface area contributed by atoms with Crippen LogP contribution in [0, 0.1) is 0 Å². The summed E-state index contributed by atoms with van der Waals surface area (Å²) in [6.07, 6.45) is 3.59. The number of carboxylic acid groups (broad SMARTS) is 1. The summed E-state index contributed by atoms with van der Waals surface area (Å²) < 4.78 is 11.4. The number of carbonyl (C=O) groups is 1. The lowest BCUT2D eigenvalue weighted by Crippen LogP contribution is -2.23. The maximum atomic E-state index is 10.9. The van der Waals surface area contributed by atoms with Gasteiger partial charge in [-0.2, -0.15) is 0 Å². The van der Waals surface area contributed by atoms with Crippen LogP contribution in [0.5, 0.6) is 11.5 Å². The second-order valence-electron chi connectivity index (χ2n) is 5.35. The van der Waals surface area contributed by atoms with Crippen molar-refractivity contribution in [1.82, 2.24) is 4.98 Å². The van der Waals surface area contributed by atoms with Gasteiger partial charge in [0.25, 0.3) is 0 Å². The molecule has 98 valence electrons. The standard InChI is InChI=1S/C13H17NO4/c1-13(2,3)18-11-7-14-9(12(15)16)6-10(11)17-8-4-5-8/h6-8H,4-5H2,1-3H3,(H,15,16). The number of hydrogen-bond donors (Lipinski definition) is 1. The van der Waals surface area contributed by atoms with Crippen molar-refractivity contribution < 1.29 is 19.4 Å². The van der Waals surface area contributed by atoms with Crippen molar-refractivity contribution in [2.24, 2.45) is 0 Å². The maximum absolute atomic E-state index is 10.9. The minimum absolute atomic E-state index is 0.0353. The van der Waals surface area contributed by atoms with Crippen molar-refractivity contribution in [3.05, 3.63) is 18.0 Å². The van der Waals surface area contributed by atoms with E-state index in [4.69, 9.17) is 14.6 Å². The number of ether oxygens (including phenoxy) is 2. The highest BCUT2D eigenvalue weighted by Gasteiger charge is 2.27. The average Bonchev–Trinajstić information content (AvgIpc) is 3.02. The van der Waals surface area contributed by atoms with Gasteiger partial charge in [-0.3, -0.25) is 0 Å². The van der Waals surface area contributed by atoms with Crippen LogP contribution in [0.1, 0.15) is 44.1 Å². The highest BCUT2D eigenvalue weighted by molar-refractivity contribution is 5.86. The van der Waals surface area contributed by atoms with Gasteiger partial charge in [-0.1, -0.05) is 0 Å².